The Balaban J connectivity index is 4.28. The molecule has 0 rings (SSSR count). The molecule has 3 heteroatoms. The summed E-state index contributed by atoms with van der Waals surface area (Å²) in [6, 6.07) is 0.955. The van der Waals surface area contributed by atoms with E-state index >= 15 is 0 Å². The van der Waals surface area contributed by atoms with Crippen molar-refractivity contribution in [2.75, 3.05) is 0 Å². The maximum absolute atomic E-state index is 11.0. The van der Waals surface area contributed by atoms with Crippen molar-refractivity contribution in [1.82, 2.24) is 4.90 Å². The average molecular weight is 249 g/mol. The van der Waals surface area contributed by atoms with Crippen LogP contribution in [-0.4, -0.2) is 43.7 Å². The van der Waals surface area contributed by atoms with Gasteiger partial charge in [0.25, 0.3) is 0 Å². The first-order valence-corrected chi connectivity index (χ1v) is 5.77. The van der Waals surface area contributed by atoms with Crippen LogP contribution in [0.3, 0.4) is 0 Å². The first kappa shape index (κ1) is 13.1. The van der Waals surface area contributed by atoms with Crippen molar-refractivity contribution >= 4 is 21.8 Å². The van der Waals surface area contributed by atoms with Gasteiger partial charge in [0.1, 0.15) is 0 Å². The molecular weight excluding hydrogens is 229 g/mol. The fourth-order valence-corrected chi connectivity index (χ4v) is 3.13. The van der Waals surface area contributed by atoms with Gasteiger partial charge >= 0.3 is 89.6 Å². The molecular formula is C10H20NOSe. The fourth-order valence-electron chi connectivity index (χ4n) is 1.61. The predicted molar refractivity (Wildman–Crippen MR) is 57.0 cm³/mol. The maximum atomic E-state index is 11.0. The van der Waals surface area contributed by atoms with Crippen molar-refractivity contribution in [3.05, 3.63) is 0 Å². The van der Waals surface area contributed by atoms with Crippen molar-refractivity contribution in [2.24, 2.45) is 0 Å². The molecule has 0 saturated carbocycles. The first-order valence-electron chi connectivity index (χ1n) is 4.79. The summed E-state index contributed by atoms with van der Waals surface area (Å²) < 4.78 is 0. The number of Topliss-reactive ketones (excluding diaryl/α,β-unsaturated/α-hetero) is 1. The molecule has 77 valence electrons. The normalized spacial score (nSPS) is 14.2. The molecule has 0 N–H and O–H groups in total. The molecule has 2 nitrogen and oxygen atoms in total. The summed E-state index contributed by atoms with van der Waals surface area (Å²) in [5.74, 6) is 0.245. The monoisotopic (exact) mass is 250 g/mol. The van der Waals surface area contributed by atoms with Crippen LogP contribution in [0.15, 0.2) is 0 Å². The number of hydrogen-bond donors (Lipinski definition) is 0. The summed E-state index contributed by atoms with van der Waals surface area (Å²) in [5.41, 5.74) is 0. The van der Waals surface area contributed by atoms with Crippen molar-refractivity contribution in [2.45, 2.75) is 58.1 Å². The second-order valence-corrected chi connectivity index (χ2v) is 5.14. The summed E-state index contributed by atoms with van der Waals surface area (Å²) >= 11 is 3.08. The molecule has 0 amide bonds. The number of rotatable bonds is 5. The molecule has 0 heterocycles. The Kier molecular flexibility index (Phi) is 5.86. The Morgan fingerprint density at radius 3 is 1.85 bits per heavy atom. The van der Waals surface area contributed by atoms with E-state index in [-0.39, 0.29) is 10.7 Å². The minimum absolute atomic E-state index is 0.234. The Hall–Kier alpha value is 0.149. The van der Waals surface area contributed by atoms with Gasteiger partial charge in [-0.1, -0.05) is 0 Å². The molecule has 1 unspecified atom stereocenters. The Labute approximate surface area is 89.9 Å². The fraction of sp³-hybridized carbons (Fsp3) is 0.900. The molecule has 0 spiro atoms. The van der Waals surface area contributed by atoms with Gasteiger partial charge in [-0.15, -0.1) is 0 Å². The molecule has 1 radical (unpaired) electrons. The first-order chi connectivity index (χ1) is 5.86. The van der Waals surface area contributed by atoms with Gasteiger partial charge in [-0.3, -0.25) is 0 Å². The molecule has 0 saturated heterocycles. The number of ketones is 1. The van der Waals surface area contributed by atoms with Gasteiger partial charge in [-0.2, -0.15) is 0 Å². The number of nitrogens with zero attached hydrogens (tertiary/aromatic N) is 1. The summed E-state index contributed by atoms with van der Waals surface area (Å²) in [4.78, 5) is 13.5. The zero-order chi connectivity index (χ0) is 10.6. The molecule has 0 aliphatic heterocycles. The number of hydrogen-bond acceptors (Lipinski definition) is 2. The minimum atomic E-state index is 0.234. The van der Waals surface area contributed by atoms with Crippen LogP contribution in [-0.2, 0) is 4.79 Å². The zero-order valence-electron chi connectivity index (χ0n) is 9.20. The van der Waals surface area contributed by atoms with Crippen LogP contribution in [0, 0.1) is 0 Å². The summed E-state index contributed by atoms with van der Waals surface area (Å²) in [5, 5.41) is 0. The van der Waals surface area contributed by atoms with Crippen molar-refractivity contribution < 1.29 is 4.79 Å². The third-order valence-corrected chi connectivity index (χ3v) is 2.85. The van der Waals surface area contributed by atoms with E-state index in [1.165, 1.54) is 0 Å². The van der Waals surface area contributed by atoms with Crippen molar-refractivity contribution in [1.29, 1.82) is 0 Å². The van der Waals surface area contributed by atoms with Gasteiger partial charge in [-0.25, -0.2) is 0 Å². The number of carbonyl (C=O) groups excluding carboxylic acids is 1. The van der Waals surface area contributed by atoms with E-state index in [2.05, 4.69) is 48.6 Å². The van der Waals surface area contributed by atoms with Crippen molar-refractivity contribution in [3.63, 3.8) is 0 Å². The Morgan fingerprint density at radius 2 is 1.62 bits per heavy atom. The molecule has 0 aliphatic carbocycles. The zero-order valence-corrected chi connectivity index (χ0v) is 10.9. The van der Waals surface area contributed by atoms with E-state index in [9.17, 15) is 4.79 Å². The van der Waals surface area contributed by atoms with Gasteiger partial charge in [0.05, 0.1) is 0 Å². The van der Waals surface area contributed by atoms with E-state index in [4.69, 9.17) is 0 Å². The average Bonchev–Trinajstić information content (AvgIpc) is 1.81. The second kappa shape index (κ2) is 5.79. The second-order valence-electron chi connectivity index (χ2n) is 4.00. The molecule has 13 heavy (non-hydrogen) atoms. The van der Waals surface area contributed by atoms with Crippen LogP contribution in [0.25, 0.3) is 0 Å². The van der Waals surface area contributed by atoms with Gasteiger partial charge < -0.3 is 0 Å². The summed E-state index contributed by atoms with van der Waals surface area (Å²) in [7, 11) is 0. The third-order valence-electron chi connectivity index (χ3n) is 1.99. The molecule has 0 aromatic rings. The standard InChI is InChI=1S/C10H20NOSe/c1-7(2)11(8(3)4)10(13)6-9(5)12/h7-8,10H,6H2,1-5H3. The van der Waals surface area contributed by atoms with E-state index in [1.807, 2.05) is 0 Å². The Bertz CT molecular complexity index is 160. The third kappa shape index (κ3) is 4.80. The van der Waals surface area contributed by atoms with Gasteiger partial charge in [0, 0.05) is 0 Å². The van der Waals surface area contributed by atoms with Crippen LogP contribution in [0.2, 0.25) is 0 Å². The van der Waals surface area contributed by atoms with Gasteiger partial charge in [-0.05, 0) is 0 Å². The van der Waals surface area contributed by atoms with Crippen LogP contribution >= 0.6 is 0 Å². The van der Waals surface area contributed by atoms with E-state index in [0.29, 0.717) is 18.5 Å². The predicted octanol–water partition coefficient (Wildman–Crippen LogP) is 1.58. The van der Waals surface area contributed by atoms with E-state index < -0.39 is 0 Å². The van der Waals surface area contributed by atoms with Crippen molar-refractivity contribution in [3.8, 4) is 0 Å². The molecule has 0 aromatic heterocycles. The summed E-state index contributed by atoms with van der Waals surface area (Å²) in [6.45, 7) is 10.3. The quantitative estimate of drug-likeness (QED) is 0.689. The van der Waals surface area contributed by atoms with Crippen LogP contribution in [0.5, 0.6) is 0 Å². The molecule has 0 aromatic carbocycles. The topological polar surface area (TPSA) is 20.3 Å². The van der Waals surface area contributed by atoms with Gasteiger partial charge in [0.2, 0.25) is 0 Å². The van der Waals surface area contributed by atoms with Crippen LogP contribution in [0.4, 0.5) is 0 Å². The van der Waals surface area contributed by atoms with Gasteiger partial charge in [0.15, 0.2) is 0 Å². The number of carbonyl (C=O) groups is 1. The van der Waals surface area contributed by atoms with Crippen LogP contribution < -0.4 is 0 Å². The molecule has 0 aliphatic rings. The van der Waals surface area contributed by atoms with E-state index in [0.717, 1.165) is 0 Å². The van der Waals surface area contributed by atoms with Crippen LogP contribution in [0.1, 0.15) is 41.0 Å². The Morgan fingerprint density at radius 1 is 1.23 bits per heavy atom. The molecule has 0 bridgehead atoms. The van der Waals surface area contributed by atoms with E-state index in [1.54, 1.807) is 6.92 Å². The SMILES string of the molecule is CC(=O)CC([Se])N(C(C)C)C(C)C. The molecule has 1 atom stereocenters. The molecule has 0 fully saturated rings. The summed E-state index contributed by atoms with van der Waals surface area (Å²) in [6.07, 6.45) is 0.607.